The molecule has 0 bridgehead atoms. The number of halogens is 1. The predicted octanol–water partition coefficient (Wildman–Crippen LogP) is 6.29. The standard InChI is InChI=1S/C26H19Br/c27-26-23-12-6-4-10-21(23)25(22-11-5-7-13-24(22)26)20-16-14-19(15-17-20)18-8-2-1-3-9-18/h1-4,6,8-17H,5,7H2. The molecule has 1 aliphatic rings. The number of hydrogen-bond acceptors (Lipinski definition) is 0. The van der Waals surface area contributed by atoms with Gasteiger partial charge in [-0.15, -0.1) is 0 Å². The minimum Gasteiger partial charge on any atom is -0.0757 e. The Kier molecular flexibility index (Phi) is 4.18. The summed E-state index contributed by atoms with van der Waals surface area (Å²) >= 11 is 3.87. The first kappa shape index (κ1) is 16.5. The van der Waals surface area contributed by atoms with E-state index in [-0.39, 0.29) is 0 Å². The quantitative estimate of drug-likeness (QED) is 0.364. The lowest BCUT2D eigenvalue weighted by Gasteiger charge is -2.15. The highest BCUT2D eigenvalue weighted by molar-refractivity contribution is 9.10. The van der Waals surface area contributed by atoms with Crippen molar-refractivity contribution in [2.45, 2.75) is 12.8 Å². The van der Waals surface area contributed by atoms with Gasteiger partial charge in [-0.05, 0) is 72.2 Å². The molecule has 1 heteroatoms. The molecule has 5 rings (SSSR count). The van der Waals surface area contributed by atoms with Crippen LogP contribution in [0.4, 0.5) is 0 Å². The van der Waals surface area contributed by atoms with E-state index in [1.165, 1.54) is 47.9 Å². The van der Waals surface area contributed by atoms with E-state index < -0.39 is 0 Å². The second-order valence-electron chi connectivity index (χ2n) is 6.99. The molecule has 0 N–H and O–H groups in total. The van der Waals surface area contributed by atoms with Crippen LogP contribution in [0.1, 0.15) is 12.8 Å². The van der Waals surface area contributed by atoms with E-state index in [9.17, 15) is 0 Å². The fraction of sp³-hybridized carbons (Fsp3) is 0.0769. The number of hydrogen-bond donors (Lipinski definition) is 0. The molecule has 0 saturated carbocycles. The SMILES string of the molecule is Brc1c2c(c(-c3ccc(-c4ccccc4)cc3)c3ccccc13)=CCCC=2. The van der Waals surface area contributed by atoms with Crippen LogP contribution in [0, 0.1) is 0 Å². The summed E-state index contributed by atoms with van der Waals surface area (Å²) < 4.78 is 1.22. The Labute approximate surface area is 167 Å². The summed E-state index contributed by atoms with van der Waals surface area (Å²) in [4.78, 5) is 0. The lowest BCUT2D eigenvalue weighted by atomic mass is 9.91. The molecular weight excluding hydrogens is 392 g/mol. The van der Waals surface area contributed by atoms with Gasteiger partial charge < -0.3 is 0 Å². The number of fused-ring (bicyclic) bond motifs is 2. The van der Waals surface area contributed by atoms with Crippen molar-refractivity contribution >= 4 is 38.9 Å². The van der Waals surface area contributed by atoms with Crippen LogP contribution in [-0.4, -0.2) is 0 Å². The molecule has 1 aliphatic carbocycles. The molecule has 0 aromatic heterocycles. The van der Waals surface area contributed by atoms with E-state index >= 15 is 0 Å². The molecule has 4 aromatic carbocycles. The summed E-state index contributed by atoms with van der Waals surface area (Å²) in [5.41, 5.74) is 5.14. The first-order valence-corrected chi connectivity index (χ1v) is 10.2. The Morgan fingerprint density at radius 1 is 0.519 bits per heavy atom. The maximum absolute atomic E-state index is 3.87. The topological polar surface area (TPSA) is 0 Å². The maximum Gasteiger partial charge on any atom is 0.0329 e. The highest BCUT2D eigenvalue weighted by atomic mass is 79.9. The Morgan fingerprint density at radius 3 is 1.81 bits per heavy atom. The lowest BCUT2D eigenvalue weighted by Crippen LogP contribution is -2.30. The van der Waals surface area contributed by atoms with Crippen molar-refractivity contribution in [2.24, 2.45) is 0 Å². The third kappa shape index (κ3) is 2.83. The van der Waals surface area contributed by atoms with Gasteiger partial charge in [0, 0.05) is 4.47 Å². The molecule has 0 heterocycles. The second-order valence-corrected chi connectivity index (χ2v) is 7.78. The molecule has 0 spiro atoms. The van der Waals surface area contributed by atoms with Crippen molar-refractivity contribution in [3.05, 3.63) is 93.8 Å². The van der Waals surface area contributed by atoms with Gasteiger partial charge in [-0.3, -0.25) is 0 Å². The Balaban J connectivity index is 1.78. The van der Waals surface area contributed by atoms with E-state index in [2.05, 4.69) is 107 Å². The van der Waals surface area contributed by atoms with Crippen molar-refractivity contribution in [3.8, 4) is 22.3 Å². The van der Waals surface area contributed by atoms with Crippen LogP contribution in [0.3, 0.4) is 0 Å². The van der Waals surface area contributed by atoms with Crippen LogP contribution in [0.5, 0.6) is 0 Å². The minimum atomic E-state index is 1.10. The Morgan fingerprint density at radius 2 is 1.07 bits per heavy atom. The van der Waals surface area contributed by atoms with E-state index in [1.54, 1.807) is 0 Å². The molecule has 0 fully saturated rings. The zero-order valence-electron chi connectivity index (χ0n) is 15.0. The van der Waals surface area contributed by atoms with E-state index in [1.807, 2.05) is 0 Å². The van der Waals surface area contributed by atoms with Crippen molar-refractivity contribution in [1.82, 2.24) is 0 Å². The van der Waals surface area contributed by atoms with Crippen LogP contribution in [0.25, 0.3) is 45.2 Å². The lowest BCUT2D eigenvalue weighted by molar-refractivity contribution is 1.12. The van der Waals surface area contributed by atoms with E-state index in [0.29, 0.717) is 0 Å². The molecule has 130 valence electrons. The van der Waals surface area contributed by atoms with Crippen molar-refractivity contribution in [3.63, 3.8) is 0 Å². The predicted molar refractivity (Wildman–Crippen MR) is 120 cm³/mol. The average molecular weight is 411 g/mol. The van der Waals surface area contributed by atoms with Gasteiger partial charge in [0.15, 0.2) is 0 Å². The van der Waals surface area contributed by atoms with Crippen molar-refractivity contribution in [2.75, 3.05) is 0 Å². The molecule has 0 atom stereocenters. The van der Waals surface area contributed by atoms with Gasteiger partial charge in [-0.1, -0.05) is 91.0 Å². The van der Waals surface area contributed by atoms with Gasteiger partial charge in [-0.2, -0.15) is 0 Å². The molecule has 0 aliphatic heterocycles. The highest BCUT2D eigenvalue weighted by Gasteiger charge is 2.13. The molecular formula is C26H19Br. The molecule has 0 radical (unpaired) electrons. The Hall–Kier alpha value is -2.64. The van der Waals surface area contributed by atoms with Crippen LogP contribution in [0.15, 0.2) is 83.3 Å². The summed E-state index contributed by atoms with van der Waals surface area (Å²) in [6.45, 7) is 0. The van der Waals surface area contributed by atoms with Gasteiger partial charge in [0.1, 0.15) is 0 Å². The van der Waals surface area contributed by atoms with Crippen LogP contribution in [0.2, 0.25) is 0 Å². The largest absolute Gasteiger partial charge is 0.0757 e. The van der Waals surface area contributed by atoms with Gasteiger partial charge in [0.05, 0.1) is 0 Å². The molecule has 27 heavy (non-hydrogen) atoms. The summed E-state index contributed by atoms with van der Waals surface area (Å²) in [6, 6.07) is 28.3. The van der Waals surface area contributed by atoms with E-state index in [0.717, 1.165) is 12.8 Å². The first-order valence-electron chi connectivity index (χ1n) is 9.39. The molecule has 0 amide bonds. The summed E-state index contributed by atoms with van der Waals surface area (Å²) in [5.74, 6) is 0. The minimum absolute atomic E-state index is 1.10. The summed E-state index contributed by atoms with van der Waals surface area (Å²) in [6.07, 6.45) is 6.98. The fourth-order valence-corrected chi connectivity index (χ4v) is 4.79. The third-order valence-electron chi connectivity index (χ3n) is 5.37. The summed E-state index contributed by atoms with van der Waals surface area (Å²) in [5, 5.41) is 5.29. The molecule has 0 saturated heterocycles. The smallest absolute Gasteiger partial charge is 0.0329 e. The zero-order chi connectivity index (χ0) is 18.2. The van der Waals surface area contributed by atoms with Crippen molar-refractivity contribution in [1.29, 1.82) is 0 Å². The van der Waals surface area contributed by atoms with E-state index in [4.69, 9.17) is 0 Å². The van der Waals surface area contributed by atoms with Crippen LogP contribution >= 0.6 is 15.9 Å². The van der Waals surface area contributed by atoms with Gasteiger partial charge in [-0.25, -0.2) is 0 Å². The van der Waals surface area contributed by atoms with Gasteiger partial charge in [0.25, 0.3) is 0 Å². The van der Waals surface area contributed by atoms with Crippen molar-refractivity contribution < 1.29 is 0 Å². The number of rotatable bonds is 2. The monoisotopic (exact) mass is 410 g/mol. The Bertz CT molecular complexity index is 1250. The molecule has 0 unspecified atom stereocenters. The van der Waals surface area contributed by atoms with Gasteiger partial charge >= 0.3 is 0 Å². The van der Waals surface area contributed by atoms with Gasteiger partial charge in [0.2, 0.25) is 0 Å². The highest BCUT2D eigenvalue weighted by Crippen LogP contribution is 2.30. The van der Waals surface area contributed by atoms with Crippen LogP contribution in [-0.2, 0) is 0 Å². The molecule has 0 nitrogen and oxygen atoms in total. The third-order valence-corrected chi connectivity index (χ3v) is 6.23. The number of benzene rings is 4. The average Bonchev–Trinajstić information content (AvgIpc) is 2.75. The fourth-order valence-electron chi connectivity index (χ4n) is 4.07. The molecule has 4 aromatic rings. The maximum atomic E-state index is 3.87. The first-order chi connectivity index (χ1) is 13.3. The summed E-state index contributed by atoms with van der Waals surface area (Å²) in [7, 11) is 0. The van der Waals surface area contributed by atoms with Crippen LogP contribution < -0.4 is 10.4 Å². The normalized spacial score (nSPS) is 12.9. The zero-order valence-corrected chi connectivity index (χ0v) is 16.5. The second kappa shape index (κ2) is 6.83.